The number of amides is 1. The molecule has 1 atom stereocenters. The summed E-state index contributed by atoms with van der Waals surface area (Å²) in [4.78, 5) is 12.8. The first-order valence-corrected chi connectivity index (χ1v) is 10.1. The Bertz CT molecular complexity index is 919. The van der Waals surface area contributed by atoms with Crippen molar-refractivity contribution in [2.45, 2.75) is 31.2 Å². The standard InChI is InChI=1S/C19H23N3O3S/c1-13-7-8-14(2)18(11-13)26(24,25)22-17-6-4-3-5-16(17)19(23)21-15-9-10-20-12-15/h3-8,11,15,20,22H,9-10,12H2,1-2H3,(H,21,23). The molecule has 138 valence electrons. The molecule has 0 saturated carbocycles. The van der Waals surface area contributed by atoms with Crippen molar-refractivity contribution in [1.29, 1.82) is 0 Å². The molecule has 0 spiro atoms. The zero-order valence-electron chi connectivity index (χ0n) is 14.9. The zero-order valence-corrected chi connectivity index (χ0v) is 15.7. The number of para-hydroxylation sites is 1. The van der Waals surface area contributed by atoms with E-state index in [0.29, 0.717) is 11.1 Å². The second-order valence-corrected chi connectivity index (χ2v) is 8.23. The van der Waals surface area contributed by atoms with Crippen molar-refractivity contribution >= 4 is 21.6 Å². The number of aryl methyl sites for hydroxylation is 2. The van der Waals surface area contributed by atoms with Crippen molar-refractivity contribution in [3.05, 3.63) is 59.2 Å². The Morgan fingerprint density at radius 2 is 1.92 bits per heavy atom. The monoisotopic (exact) mass is 373 g/mol. The van der Waals surface area contributed by atoms with Gasteiger partial charge in [-0.1, -0.05) is 24.3 Å². The first kappa shape index (κ1) is 18.4. The number of carbonyl (C=O) groups excluding carboxylic acids is 1. The van der Waals surface area contributed by atoms with Crippen LogP contribution in [0.4, 0.5) is 5.69 Å². The van der Waals surface area contributed by atoms with Crippen LogP contribution in [0.5, 0.6) is 0 Å². The molecule has 3 rings (SSSR count). The van der Waals surface area contributed by atoms with Gasteiger partial charge in [0.25, 0.3) is 15.9 Å². The largest absolute Gasteiger partial charge is 0.348 e. The minimum atomic E-state index is -3.79. The van der Waals surface area contributed by atoms with Crippen molar-refractivity contribution in [3.8, 4) is 0 Å². The summed E-state index contributed by atoms with van der Waals surface area (Å²) in [5, 5.41) is 6.13. The lowest BCUT2D eigenvalue weighted by Gasteiger charge is -2.16. The summed E-state index contributed by atoms with van der Waals surface area (Å²) >= 11 is 0. The van der Waals surface area contributed by atoms with Gasteiger partial charge >= 0.3 is 0 Å². The highest BCUT2D eigenvalue weighted by Crippen LogP contribution is 2.23. The molecule has 1 aliphatic rings. The number of nitrogens with one attached hydrogen (secondary N) is 3. The Hall–Kier alpha value is -2.38. The summed E-state index contributed by atoms with van der Waals surface area (Å²) in [6.45, 7) is 5.18. The van der Waals surface area contributed by atoms with E-state index in [-0.39, 0.29) is 22.5 Å². The number of anilines is 1. The van der Waals surface area contributed by atoms with Crippen LogP contribution in [0.2, 0.25) is 0 Å². The van der Waals surface area contributed by atoms with Crippen molar-refractivity contribution in [2.75, 3.05) is 17.8 Å². The van der Waals surface area contributed by atoms with Crippen molar-refractivity contribution in [2.24, 2.45) is 0 Å². The van der Waals surface area contributed by atoms with E-state index in [1.54, 1.807) is 43.3 Å². The third kappa shape index (κ3) is 4.05. The minimum absolute atomic E-state index is 0.0613. The third-order valence-electron chi connectivity index (χ3n) is 4.44. The topological polar surface area (TPSA) is 87.3 Å². The smallest absolute Gasteiger partial charge is 0.262 e. The van der Waals surface area contributed by atoms with Gasteiger partial charge in [0.2, 0.25) is 0 Å². The van der Waals surface area contributed by atoms with E-state index < -0.39 is 10.0 Å². The molecule has 6 nitrogen and oxygen atoms in total. The van der Waals surface area contributed by atoms with Gasteiger partial charge < -0.3 is 10.6 Å². The first-order chi connectivity index (χ1) is 12.4. The van der Waals surface area contributed by atoms with Gasteiger partial charge in [0.1, 0.15) is 0 Å². The summed E-state index contributed by atoms with van der Waals surface area (Å²) in [7, 11) is -3.79. The van der Waals surface area contributed by atoms with E-state index in [9.17, 15) is 13.2 Å². The van der Waals surface area contributed by atoms with Crippen LogP contribution >= 0.6 is 0 Å². The van der Waals surface area contributed by atoms with Crippen LogP contribution in [0, 0.1) is 13.8 Å². The highest BCUT2D eigenvalue weighted by molar-refractivity contribution is 7.92. The molecule has 0 aromatic heterocycles. The van der Waals surface area contributed by atoms with E-state index >= 15 is 0 Å². The molecule has 26 heavy (non-hydrogen) atoms. The molecule has 0 radical (unpaired) electrons. The second kappa shape index (κ2) is 7.47. The molecule has 1 amide bonds. The fourth-order valence-corrected chi connectivity index (χ4v) is 4.42. The maximum atomic E-state index is 12.8. The van der Waals surface area contributed by atoms with E-state index in [4.69, 9.17) is 0 Å². The number of benzene rings is 2. The Labute approximate surface area is 154 Å². The Morgan fingerprint density at radius 1 is 1.15 bits per heavy atom. The van der Waals surface area contributed by atoms with Crippen LogP contribution in [-0.4, -0.2) is 33.5 Å². The molecular weight excluding hydrogens is 350 g/mol. The molecule has 2 aromatic carbocycles. The SMILES string of the molecule is Cc1ccc(C)c(S(=O)(=O)Nc2ccccc2C(=O)NC2CCNC2)c1. The maximum absolute atomic E-state index is 12.8. The Kier molecular flexibility index (Phi) is 5.29. The lowest BCUT2D eigenvalue weighted by molar-refractivity contribution is 0.0941. The van der Waals surface area contributed by atoms with Crippen LogP contribution in [0.15, 0.2) is 47.4 Å². The molecular formula is C19H23N3O3S. The van der Waals surface area contributed by atoms with Gasteiger partial charge in [-0.15, -0.1) is 0 Å². The average molecular weight is 373 g/mol. The van der Waals surface area contributed by atoms with E-state index in [2.05, 4.69) is 15.4 Å². The molecule has 1 aliphatic heterocycles. The number of carbonyl (C=O) groups is 1. The van der Waals surface area contributed by atoms with E-state index in [0.717, 1.165) is 25.1 Å². The molecule has 1 saturated heterocycles. The van der Waals surface area contributed by atoms with Gasteiger partial charge in [-0.2, -0.15) is 0 Å². The Morgan fingerprint density at radius 3 is 2.65 bits per heavy atom. The highest BCUT2D eigenvalue weighted by atomic mass is 32.2. The van der Waals surface area contributed by atoms with Crippen LogP contribution in [0.3, 0.4) is 0 Å². The number of hydrogen-bond acceptors (Lipinski definition) is 4. The van der Waals surface area contributed by atoms with Gasteiger partial charge in [0, 0.05) is 12.6 Å². The number of rotatable bonds is 5. The predicted octanol–water partition coefficient (Wildman–Crippen LogP) is 2.20. The lowest BCUT2D eigenvalue weighted by Crippen LogP contribution is -2.36. The highest BCUT2D eigenvalue weighted by Gasteiger charge is 2.22. The summed E-state index contributed by atoms with van der Waals surface area (Å²) in [6.07, 6.45) is 0.863. The summed E-state index contributed by atoms with van der Waals surface area (Å²) in [5.41, 5.74) is 2.10. The second-order valence-electron chi connectivity index (χ2n) is 6.58. The fourth-order valence-electron chi connectivity index (χ4n) is 3.01. The van der Waals surface area contributed by atoms with Crippen molar-refractivity contribution < 1.29 is 13.2 Å². The van der Waals surface area contributed by atoms with Crippen LogP contribution in [-0.2, 0) is 10.0 Å². The molecule has 2 aromatic rings. The van der Waals surface area contributed by atoms with Gasteiger partial charge in [0.05, 0.1) is 16.1 Å². The van der Waals surface area contributed by atoms with Crippen molar-refractivity contribution in [3.63, 3.8) is 0 Å². The Balaban J connectivity index is 1.87. The fraction of sp³-hybridized carbons (Fsp3) is 0.316. The number of hydrogen-bond donors (Lipinski definition) is 3. The minimum Gasteiger partial charge on any atom is -0.348 e. The molecule has 1 fully saturated rings. The molecule has 0 bridgehead atoms. The molecule has 1 heterocycles. The van der Waals surface area contributed by atoms with Gasteiger partial charge in [-0.3, -0.25) is 9.52 Å². The molecule has 3 N–H and O–H groups in total. The summed E-state index contributed by atoms with van der Waals surface area (Å²) < 4.78 is 28.3. The van der Waals surface area contributed by atoms with Crippen molar-refractivity contribution in [1.82, 2.24) is 10.6 Å². The van der Waals surface area contributed by atoms with E-state index in [1.807, 2.05) is 13.0 Å². The summed E-state index contributed by atoms with van der Waals surface area (Å²) in [6, 6.07) is 12.0. The third-order valence-corrected chi connectivity index (χ3v) is 5.95. The normalized spacial score (nSPS) is 17.1. The van der Waals surface area contributed by atoms with Crippen LogP contribution < -0.4 is 15.4 Å². The van der Waals surface area contributed by atoms with Gasteiger partial charge in [0.15, 0.2) is 0 Å². The van der Waals surface area contributed by atoms with Crippen LogP contribution in [0.1, 0.15) is 27.9 Å². The quantitative estimate of drug-likeness (QED) is 0.750. The lowest BCUT2D eigenvalue weighted by atomic mass is 10.1. The summed E-state index contributed by atoms with van der Waals surface area (Å²) in [5.74, 6) is -0.280. The first-order valence-electron chi connectivity index (χ1n) is 8.57. The van der Waals surface area contributed by atoms with Gasteiger partial charge in [-0.25, -0.2) is 8.42 Å². The van der Waals surface area contributed by atoms with Crippen LogP contribution in [0.25, 0.3) is 0 Å². The predicted molar refractivity (Wildman–Crippen MR) is 102 cm³/mol. The maximum Gasteiger partial charge on any atom is 0.262 e. The molecule has 0 aliphatic carbocycles. The average Bonchev–Trinajstić information content (AvgIpc) is 3.10. The molecule has 1 unspecified atom stereocenters. The van der Waals surface area contributed by atoms with Gasteiger partial charge in [-0.05, 0) is 56.1 Å². The zero-order chi connectivity index (χ0) is 18.7. The van der Waals surface area contributed by atoms with E-state index in [1.165, 1.54) is 0 Å². The molecule has 7 heteroatoms. The number of sulfonamides is 1.